The van der Waals surface area contributed by atoms with Crippen molar-refractivity contribution in [2.45, 2.75) is 33.0 Å². The Labute approximate surface area is 116 Å². The summed E-state index contributed by atoms with van der Waals surface area (Å²) in [5, 5.41) is 7.58. The highest BCUT2D eigenvalue weighted by Crippen LogP contribution is 2.16. The van der Waals surface area contributed by atoms with Crippen LogP contribution in [0.15, 0.2) is 35.3 Å². The molecule has 0 bridgehead atoms. The zero-order valence-corrected chi connectivity index (χ0v) is 12.2. The monoisotopic (exact) mass is 308 g/mol. The number of rotatable bonds is 5. The quantitative estimate of drug-likeness (QED) is 0.923. The van der Waals surface area contributed by atoms with E-state index in [-0.39, 0.29) is 0 Å². The predicted molar refractivity (Wildman–Crippen MR) is 75.2 cm³/mol. The molecule has 1 aromatic heterocycles. The maximum Gasteiger partial charge on any atom is 0.137 e. The van der Waals surface area contributed by atoms with Gasteiger partial charge >= 0.3 is 0 Å². The van der Waals surface area contributed by atoms with E-state index in [1.807, 2.05) is 4.68 Å². The molecule has 0 aliphatic carbocycles. The van der Waals surface area contributed by atoms with Gasteiger partial charge in [0.15, 0.2) is 0 Å². The molecule has 0 aliphatic heterocycles. The number of nitrogens with zero attached hydrogens (tertiary/aromatic N) is 3. The Morgan fingerprint density at radius 3 is 2.94 bits per heavy atom. The predicted octanol–water partition coefficient (Wildman–Crippen LogP) is 2.53. The Balaban J connectivity index is 1.85. The van der Waals surface area contributed by atoms with Gasteiger partial charge in [-0.3, -0.25) is 4.68 Å². The molecule has 0 aliphatic rings. The van der Waals surface area contributed by atoms with E-state index in [1.165, 1.54) is 11.1 Å². The van der Waals surface area contributed by atoms with Crippen LogP contribution in [0.4, 0.5) is 0 Å². The fraction of sp³-hybridized carbons (Fsp3) is 0.385. The van der Waals surface area contributed by atoms with Crippen LogP contribution in [0.1, 0.15) is 18.1 Å². The Bertz CT molecular complexity index is 496. The van der Waals surface area contributed by atoms with Crippen molar-refractivity contribution in [1.29, 1.82) is 0 Å². The minimum absolute atomic E-state index is 0.357. The van der Waals surface area contributed by atoms with Crippen molar-refractivity contribution in [3.05, 3.63) is 46.5 Å². The van der Waals surface area contributed by atoms with Crippen molar-refractivity contribution >= 4 is 15.9 Å². The van der Waals surface area contributed by atoms with Gasteiger partial charge in [0.25, 0.3) is 0 Å². The topological polar surface area (TPSA) is 42.7 Å². The first-order chi connectivity index (χ1) is 8.65. The Kier molecular flexibility index (Phi) is 4.49. The summed E-state index contributed by atoms with van der Waals surface area (Å²) in [5.74, 6) is 0. The molecule has 18 heavy (non-hydrogen) atoms. The van der Waals surface area contributed by atoms with Gasteiger partial charge < -0.3 is 5.32 Å². The van der Waals surface area contributed by atoms with E-state index in [2.05, 4.69) is 63.4 Å². The van der Waals surface area contributed by atoms with Crippen LogP contribution >= 0.6 is 15.9 Å². The smallest absolute Gasteiger partial charge is 0.137 e. The van der Waals surface area contributed by atoms with Crippen LogP contribution in [0.2, 0.25) is 0 Å². The second-order valence-corrected chi connectivity index (χ2v) is 5.34. The van der Waals surface area contributed by atoms with Crippen LogP contribution in [-0.4, -0.2) is 20.8 Å². The van der Waals surface area contributed by atoms with Crippen LogP contribution in [0.5, 0.6) is 0 Å². The molecule has 5 heteroatoms. The lowest BCUT2D eigenvalue weighted by atomic mass is 10.1. The number of hydrogen-bond donors (Lipinski definition) is 1. The molecule has 0 unspecified atom stereocenters. The number of aromatic nitrogens is 3. The van der Waals surface area contributed by atoms with Gasteiger partial charge in [0.2, 0.25) is 0 Å². The lowest BCUT2D eigenvalue weighted by Crippen LogP contribution is -2.30. The van der Waals surface area contributed by atoms with E-state index in [1.54, 1.807) is 12.7 Å². The van der Waals surface area contributed by atoms with Crippen LogP contribution in [0.3, 0.4) is 0 Å². The summed E-state index contributed by atoms with van der Waals surface area (Å²) >= 11 is 3.51. The normalized spacial score (nSPS) is 12.6. The van der Waals surface area contributed by atoms with E-state index >= 15 is 0 Å². The molecule has 1 atom stereocenters. The minimum atomic E-state index is 0.357. The van der Waals surface area contributed by atoms with Crippen LogP contribution in [0, 0.1) is 6.92 Å². The highest BCUT2D eigenvalue weighted by atomic mass is 79.9. The molecular weight excluding hydrogens is 292 g/mol. The molecule has 0 radical (unpaired) electrons. The van der Waals surface area contributed by atoms with Crippen molar-refractivity contribution in [3.63, 3.8) is 0 Å². The summed E-state index contributed by atoms with van der Waals surface area (Å²) in [5.41, 5.74) is 2.55. The molecule has 0 fully saturated rings. The molecule has 4 nitrogen and oxygen atoms in total. The fourth-order valence-corrected chi connectivity index (χ4v) is 2.03. The fourth-order valence-electron chi connectivity index (χ4n) is 1.78. The van der Waals surface area contributed by atoms with E-state index in [0.29, 0.717) is 6.04 Å². The van der Waals surface area contributed by atoms with Crippen molar-refractivity contribution in [2.24, 2.45) is 0 Å². The summed E-state index contributed by atoms with van der Waals surface area (Å²) in [6.45, 7) is 5.94. The first kappa shape index (κ1) is 13.2. The third kappa shape index (κ3) is 3.65. The first-order valence-corrected chi connectivity index (χ1v) is 6.75. The molecule has 1 N–H and O–H groups in total. The van der Waals surface area contributed by atoms with E-state index in [9.17, 15) is 0 Å². The van der Waals surface area contributed by atoms with Crippen LogP contribution in [-0.2, 0) is 13.1 Å². The standard InChI is InChI=1S/C13H17BrN4/c1-10-5-12(3-4-13(10)14)6-16-11(2)7-18-9-15-8-17-18/h3-5,8-9,11,16H,6-7H2,1-2H3/t11-/m0/s1. The van der Waals surface area contributed by atoms with Gasteiger partial charge in [-0.1, -0.05) is 28.1 Å². The Morgan fingerprint density at radius 2 is 2.28 bits per heavy atom. The van der Waals surface area contributed by atoms with Gasteiger partial charge in [0, 0.05) is 17.1 Å². The molecule has 2 rings (SSSR count). The average Bonchev–Trinajstić information content (AvgIpc) is 2.83. The van der Waals surface area contributed by atoms with Gasteiger partial charge in [-0.2, -0.15) is 5.10 Å². The third-order valence-corrected chi connectivity index (χ3v) is 3.69. The lowest BCUT2D eigenvalue weighted by Gasteiger charge is -2.14. The highest BCUT2D eigenvalue weighted by Gasteiger charge is 2.04. The summed E-state index contributed by atoms with van der Waals surface area (Å²) in [4.78, 5) is 3.93. The zero-order valence-electron chi connectivity index (χ0n) is 10.6. The molecule has 0 saturated heterocycles. The molecule has 1 heterocycles. The van der Waals surface area contributed by atoms with E-state index in [0.717, 1.165) is 17.6 Å². The van der Waals surface area contributed by atoms with E-state index < -0.39 is 0 Å². The second kappa shape index (κ2) is 6.11. The van der Waals surface area contributed by atoms with E-state index in [4.69, 9.17) is 0 Å². The summed E-state index contributed by atoms with van der Waals surface area (Å²) in [6.07, 6.45) is 3.30. The average molecular weight is 309 g/mol. The molecule has 0 saturated carbocycles. The summed E-state index contributed by atoms with van der Waals surface area (Å²) < 4.78 is 2.99. The third-order valence-electron chi connectivity index (χ3n) is 2.80. The summed E-state index contributed by atoms with van der Waals surface area (Å²) in [6, 6.07) is 6.77. The Morgan fingerprint density at radius 1 is 1.44 bits per heavy atom. The largest absolute Gasteiger partial charge is 0.308 e. The minimum Gasteiger partial charge on any atom is -0.308 e. The molecule has 2 aromatic rings. The van der Waals surface area contributed by atoms with Gasteiger partial charge in [-0.05, 0) is 31.0 Å². The number of nitrogens with one attached hydrogen (secondary N) is 1. The van der Waals surface area contributed by atoms with Crippen molar-refractivity contribution in [3.8, 4) is 0 Å². The number of hydrogen-bond acceptors (Lipinski definition) is 3. The lowest BCUT2D eigenvalue weighted by molar-refractivity contribution is 0.450. The van der Waals surface area contributed by atoms with Gasteiger partial charge in [-0.15, -0.1) is 0 Å². The maximum absolute atomic E-state index is 4.10. The molecule has 0 amide bonds. The SMILES string of the molecule is Cc1cc(CN[C@@H](C)Cn2cncn2)ccc1Br. The summed E-state index contributed by atoms with van der Waals surface area (Å²) in [7, 11) is 0. The highest BCUT2D eigenvalue weighted by molar-refractivity contribution is 9.10. The van der Waals surface area contributed by atoms with Gasteiger partial charge in [-0.25, -0.2) is 4.98 Å². The second-order valence-electron chi connectivity index (χ2n) is 4.48. The molecule has 0 spiro atoms. The first-order valence-electron chi connectivity index (χ1n) is 5.96. The number of halogens is 1. The van der Waals surface area contributed by atoms with Crippen molar-refractivity contribution in [2.75, 3.05) is 0 Å². The number of benzene rings is 1. The molecule has 1 aromatic carbocycles. The number of aryl methyl sites for hydroxylation is 1. The zero-order chi connectivity index (χ0) is 13.0. The van der Waals surface area contributed by atoms with Crippen molar-refractivity contribution in [1.82, 2.24) is 20.1 Å². The van der Waals surface area contributed by atoms with Crippen LogP contribution in [0.25, 0.3) is 0 Å². The molecule has 96 valence electrons. The van der Waals surface area contributed by atoms with Crippen molar-refractivity contribution < 1.29 is 0 Å². The van der Waals surface area contributed by atoms with Gasteiger partial charge in [0.05, 0.1) is 6.54 Å². The maximum atomic E-state index is 4.10. The molecular formula is C13H17BrN4. The Hall–Kier alpha value is -1.20. The van der Waals surface area contributed by atoms with Gasteiger partial charge in [0.1, 0.15) is 12.7 Å². The van der Waals surface area contributed by atoms with Crippen LogP contribution < -0.4 is 5.32 Å².